The molecule has 15 heavy (non-hydrogen) atoms. The smallest absolute Gasteiger partial charge is 0.371 e. The maximum absolute atomic E-state index is 11.2. The third kappa shape index (κ3) is 2.67. The summed E-state index contributed by atoms with van der Waals surface area (Å²) in [7, 11) is 0. The molecule has 0 aliphatic heterocycles. The monoisotopic (exact) mass is 208 g/mol. The van der Waals surface area contributed by atoms with Crippen molar-refractivity contribution in [2.45, 2.75) is 7.43 Å². The second kappa shape index (κ2) is 4.95. The second-order valence-electron chi connectivity index (χ2n) is 2.53. The van der Waals surface area contributed by atoms with E-state index in [0.29, 0.717) is 0 Å². The van der Waals surface area contributed by atoms with Crippen LogP contribution in [0.25, 0.3) is 12.7 Å². The molecule has 0 radical (unpaired) electrons. The molecule has 0 saturated carbocycles. The lowest BCUT2D eigenvalue weighted by atomic mass is 10.3. The molecule has 0 bridgehead atoms. The van der Waals surface area contributed by atoms with Crippen LogP contribution in [0.2, 0.25) is 0 Å². The molecule has 0 spiro atoms. The molecular formula is C11H12O4. The zero-order valence-corrected chi connectivity index (χ0v) is 7.32. The number of hydrogen-bond donors (Lipinski definition) is 1. The van der Waals surface area contributed by atoms with E-state index in [1.165, 1.54) is 12.2 Å². The van der Waals surface area contributed by atoms with E-state index in [9.17, 15) is 9.59 Å². The molecule has 0 fully saturated rings. The standard InChI is InChI=1S/C10H8O4.CH4/c1-3-4-8-6(2)7(11)5-9(14-8)10(12)13;/h3-5H,1-2H2,(H,12,13);1H4/b8-4+;. The third-order valence-corrected chi connectivity index (χ3v) is 1.56. The average molecular weight is 208 g/mol. The van der Waals surface area contributed by atoms with Gasteiger partial charge in [0.15, 0.2) is 5.43 Å². The molecule has 1 N–H and O–H groups in total. The lowest BCUT2D eigenvalue weighted by molar-refractivity contribution is 0.0656. The highest BCUT2D eigenvalue weighted by atomic mass is 16.4. The summed E-state index contributed by atoms with van der Waals surface area (Å²) in [4.78, 5) is 21.7. The van der Waals surface area contributed by atoms with Gasteiger partial charge in [-0.25, -0.2) is 4.79 Å². The number of carboxylic acids is 1. The highest BCUT2D eigenvalue weighted by Crippen LogP contribution is 1.87. The van der Waals surface area contributed by atoms with E-state index >= 15 is 0 Å². The number of aromatic carboxylic acids is 1. The molecule has 1 aromatic rings. The molecule has 80 valence electrons. The molecule has 0 aliphatic carbocycles. The summed E-state index contributed by atoms with van der Waals surface area (Å²) >= 11 is 0. The first-order chi connectivity index (χ1) is 6.56. The van der Waals surface area contributed by atoms with E-state index in [1.807, 2.05) is 0 Å². The number of carboxylic acid groups (broad SMARTS) is 1. The van der Waals surface area contributed by atoms with Crippen LogP contribution in [0.5, 0.6) is 0 Å². The fourth-order valence-electron chi connectivity index (χ4n) is 0.884. The van der Waals surface area contributed by atoms with Crippen LogP contribution in [-0.4, -0.2) is 11.1 Å². The van der Waals surface area contributed by atoms with Crippen LogP contribution < -0.4 is 16.1 Å². The van der Waals surface area contributed by atoms with Gasteiger partial charge in [-0.15, -0.1) is 0 Å². The fourth-order valence-corrected chi connectivity index (χ4v) is 0.884. The summed E-state index contributed by atoms with van der Waals surface area (Å²) in [6.07, 6.45) is 2.77. The Hall–Kier alpha value is -2.10. The fraction of sp³-hybridized carbons (Fsp3) is 0.0909. The second-order valence-corrected chi connectivity index (χ2v) is 2.53. The molecule has 4 heteroatoms. The molecule has 0 amide bonds. The van der Waals surface area contributed by atoms with Crippen LogP contribution in [0.1, 0.15) is 18.0 Å². The summed E-state index contributed by atoms with van der Waals surface area (Å²) in [5.74, 6) is -1.70. The normalized spacial score (nSPS) is 10.5. The van der Waals surface area contributed by atoms with Crippen LogP contribution in [-0.2, 0) is 0 Å². The van der Waals surface area contributed by atoms with Gasteiger partial charge in [0.1, 0.15) is 5.42 Å². The molecule has 0 unspecified atom stereocenters. The average Bonchev–Trinajstić information content (AvgIpc) is 2.12. The van der Waals surface area contributed by atoms with Gasteiger partial charge in [-0.3, -0.25) is 4.79 Å². The van der Waals surface area contributed by atoms with E-state index in [2.05, 4.69) is 13.2 Å². The van der Waals surface area contributed by atoms with E-state index in [0.717, 1.165) is 6.07 Å². The maximum atomic E-state index is 11.2. The van der Waals surface area contributed by atoms with Crippen molar-refractivity contribution in [3.8, 4) is 0 Å². The van der Waals surface area contributed by atoms with Crippen LogP contribution in [0.15, 0.2) is 27.9 Å². The Bertz CT molecular complexity index is 537. The van der Waals surface area contributed by atoms with Crippen molar-refractivity contribution in [1.82, 2.24) is 0 Å². The summed E-state index contributed by atoms with van der Waals surface area (Å²) in [6, 6.07) is 0.894. The van der Waals surface area contributed by atoms with Gasteiger partial charge in [-0.05, 0) is 6.08 Å². The van der Waals surface area contributed by atoms with Crippen LogP contribution in [0.4, 0.5) is 0 Å². The van der Waals surface area contributed by atoms with E-state index < -0.39 is 17.2 Å². The Kier molecular flexibility index (Phi) is 4.26. The van der Waals surface area contributed by atoms with Gasteiger partial charge in [0.25, 0.3) is 0 Å². The Labute approximate surface area is 86.5 Å². The summed E-state index contributed by atoms with van der Waals surface area (Å²) in [5.41, 5.74) is -0.355. The van der Waals surface area contributed by atoms with Gasteiger partial charge >= 0.3 is 5.97 Å². The quantitative estimate of drug-likeness (QED) is 0.761. The number of rotatable bonds is 2. The van der Waals surface area contributed by atoms with Crippen molar-refractivity contribution in [1.29, 1.82) is 0 Å². The van der Waals surface area contributed by atoms with Crippen LogP contribution >= 0.6 is 0 Å². The van der Waals surface area contributed by atoms with Crippen molar-refractivity contribution in [2.75, 3.05) is 0 Å². The zero-order valence-electron chi connectivity index (χ0n) is 7.32. The van der Waals surface area contributed by atoms with E-state index in [-0.39, 0.29) is 18.1 Å². The largest absolute Gasteiger partial charge is 0.475 e. The number of hydrogen-bond acceptors (Lipinski definition) is 3. The SMILES string of the molecule is C.C=C/C=c1/oc(C(=O)O)cc(=O)c1=C. The Morgan fingerprint density at radius 3 is 2.60 bits per heavy atom. The first-order valence-electron chi connectivity index (χ1n) is 3.75. The lowest BCUT2D eigenvalue weighted by Gasteiger charge is -1.92. The van der Waals surface area contributed by atoms with Gasteiger partial charge in [-0.2, -0.15) is 0 Å². The van der Waals surface area contributed by atoms with E-state index in [4.69, 9.17) is 9.52 Å². The lowest BCUT2D eigenvalue weighted by Crippen LogP contribution is -2.37. The highest BCUT2D eigenvalue weighted by Gasteiger charge is 2.06. The summed E-state index contributed by atoms with van der Waals surface area (Å²) in [5, 5.41) is 8.72. The highest BCUT2D eigenvalue weighted by molar-refractivity contribution is 5.83. The molecule has 1 rings (SSSR count). The molecule has 0 aliphatic rings. The van der Waals surface area contributed by atoms with Crippen molar-refractivity contribution in [3.05, 3.63) is 45.3 Å². The molecule has 4 nitrogen and oxygen atoms in total. The van der Waals surface area contributed by atoms with Crippen molar-refractivity contribution in [2.24, 2.45) is 0 Å². The van der Waals surface area contributed by atoms with Crippen molar-refractivity contribution in [3.63, 3.8) is 0 Å². The predicted molar refractivity (Wildman–Crippen MR) is 58.1 cm³/mol. The van der Waals surface area contributed by atoms with Crippen molar-refractivity contribution >= 4 is 18.6 Å². The maximum Gasteiger partial charge on any atom is 0.371 e. The summed E-state index contributed by atoms with van der Waals surface area (Å²) < 4.78 is 4.90. The zero-order chi connectivity index (χ0) is 10.7. The molecule has 1 heterocycles. The molecule has 0 aromatic carbocycles. The Balaban J connectivity index is 0.00000196. The first-order valence-corrected chi connectivity index (χ1v) is 3.75. The molecular weight excluding hydrogens is 196 g/mol. The van der Waals surface area contributed by atoms with Gasteiger partial charge in [0.2, 0.25) is 5.76 Å². The topological polar surface area (TPSA) is 67.5 Å². The first kappa shape index (κ1) is 12.9. The molecule has 0 saturated heterocycles. The number of allylic oxidation sites excluding steroid dienone is 1. The minimum atomic E-state index is -1.29. The predicted octanol–water partition coefficient (Wildman–Crippen LogP) is 0.351. The van der Waals surface area contributed by atoms with Gasteiger partial charge in [0.05, 0.1) is 5.22 Å². The minimum Gasteiger partial charge on any atom is -0.475 e. The van der Waals surface area contributed by atoms with Crippen LogP contribution in [0, 0.1) is 0 Å². The Morgan fingerprint density at radius 1 is 1.53 bits per heavy atom. The molecule has 0 atom stereocenters. The van der Waals surface area contributed by atoms with Gasteiger partial charge in [0, 0.05) is 6.07 Å². The van der Waals surface area contributed by atoms with Crippen molar-refractivity contribution < 1.29 is 14.3 Å². The third-order valence-electron chi connectivity index (χ3n) is 1.56. The van der Waals surface area contributed by atoms with Gasteiger partial charge < -0.3 is 9.52 Å². The van der Waals surface area contributed by atoms with E-state index in [1.54, 1.807) is 0 Å². The Morgan fingerprint density at radius 2 is 2.13 bits per heavy atom. The summed E-state index contributed by atoms with van der Waals surface area (Å²) in [6.45, 7) is 6.87. The number of carbonyl (C=O) groups is 1. The van der Waals surface area contributed by atoms with Gasteiger partial charge in [-0.1, -0.05) is 26.7 Å². The minimum absolute atomic E-state index is 0. The van der Waals surface area contributed by atoms with Crippen LogP contribution in [0.3, 0.4) is 0 Å². The molecule has 1 aromatic heterocycles.